The molecule has 1 amide bonds. The van der Waals surface area contributed by atoms with Crippen LogP contribution in [0.4, 0.5) is 18.9 Å². The lowest BCUT2D eigenvalue weighted by atomic mass is 10.2. The number of amides is 1. The SMILES string of the molecule is CCn1c(CCC(=O)Nc2ccc(F)c(F)c2F)nc2cc(S(=O)(=O)N3CCOCC3)ccc21. The predicted octanol–water partition coefficient (Wildman–Crippen LogP) is 3.07. The second-order valence-electron chi connectivity index (χ2n) is 7.71. The van der Waals surface area contributed by atoms with E-state index < -0.39 is 39.1 Å². The quantitative estimate of drug-likeness (QED) is 0.508. The number of imidazole rings is 1. The number of ether oxygens (including phenoxy) is 1. The molecule has 1 aromatic heterocycles. The van der Waals surface area contributed by atoms with Crippen LogP contribution in [0.15, 0.2) is 35.2 Å². The van der Waals surface area contributed by atoms with E-state index >= 15 is 0 Å². The van der Waals surface area contributed by atoms with E-state index in [1.807, 2.05) is 11.5 Å². The molecule has 2 aromatic carbocycles. The van der Waals surface area contributed by atoms with E-state index in [1.165, 1.54) is 16.4 Å². The lowest BCUT2D eigenvalue weighted by Gasteiger charge is -2.26. The van der Waals surface area contributed by atoms with Gasteiger partial charge < -0.3 is 14.6 Å². The van der Waals surface area contributed by atoms with E-state index in [2.05, 4.69) is 10.3 Å². The number of hydrogen-bond acceptors (Lipinski definition) is 5. The third kappa shape index (κ3) is 4.65. The first kappa shape index (κ1) is 24.2. The van der Waals surface area contributed by atoms with Crippen LogP contribution in [0, 0.1) is 17.5 Å². The van der Waals surface area contributed by atoms with Gasteiger partial charge in [-0.05, 0) is 37.3 Å². The van der Waals surface area contributed by atoms with Gasteiger partial charge in [-0.3, -0.25) is 4.79 Å². The van der Waals surface area contributed by atoms with Gasteiger partial charge >= 0.3 is 0 Å². The molecule has 8 nitrogen and oxygen atoms in total. The van der Waals surface area contributed by atoms with Crippen molar-refractivity contribution in [2.45, 2.75) is 31.2 Å². The Bertz CT molecular complexity index is 1340. The number of anilines is 1. The maximum Gasteiger partial charge on any atom is 0.243 e. The molecule has 3 aromatic rings. The van der Waals surface area contributed by atoms with E-state index in [9.17, 15) is 26.4 Å². The molecule has 34 heavy (non-hydrogen) atoms. The van der Waals surface area contributed by atoms with Crippen molar-refractivity contribution >= 4 is 32.7 Å². The molecule has 4 rings (SSSR count). The number of morpholine rings is 1. The fraction of sp³-hybridized carbons (Fsp3) is 0.364. The Labute approximate surface area is 194 Å². The first-order valence-electron chi connectivity index (χ1n) is 10.7. The highest BCUT2D eigenvalue weighted by Gasteiger charge is 2.27. The summed E-state index contributed by atoms with van der Waals surface area (Å²) in [5.41, 5.74) is 0.731. The first-order valence-corrected chi connectivity index (χ1v) is 12.2. The molecule has 12 heteroatoms. The average Bonchev–Trinajstić information content (AvgIpc) is 3.20. The third-order valence-corrected chi connectivity index (χ3v) is 7.50. The Balaban J connectivity index is 1.52. The number of hydrogen-bond donors (Lipinski definition) is 1. The number of fused-ring (bicyclic) bond motifs is 1. The zero-order valence-electron chi connectivity index (χ0n) is 18.4. The summed E-state index contributed by atoms with van der Waals surface area (Å²) >= 11 is 0. The highest BCUT2D eigenvalue weighted by Crippen LogP contribution is 2.25. The topological polar surface area (TPSA) is 93.5 Å². The fourth-order valence-electron chi connectivity index (χ4n) is 3.86. The normalized spacial score (nSPS) is 15.1. The highest BCUT2D eigenvalue weighted by atomic mass is 32.2. The molecule has 1 aliphatic rings. The van der Waals surface area contributed by atoms with Gasteiger partial charge in [-0.1, -0.05) is 0 Å². The molecule has 0 aliphatic carbocycles. The molecular formula is C22H23F3N4O4S. The molecule has 1 fully saturated rings. The van der Waals surface area contributed by atoms with Crippen LogP contribution in [0.2, 0.25) is 0 Å². The number of carbonyl (C=O) groups excluding carboxylic acids is 1. The Morgan fingerprint density at radius 1 is 1.12 bits per heavy atom. The Morgan fingerprint density at radius 2 is 1.85 bits per heavy atom. The number of nitrogens with one attached hydrogen (secondary N) is 1. The van der Waals surface area contributed by atoms with E-state index in [-0.39, 0.29) is 30.8 Å². The maximum atomic E-state index is 13.8. The molecule has 1 saturated heterocycles. The first-order chi connectivity index (χ1) is 16.2. The van der Waals surface area contributed by atoms with E-state index in [0.717, 1.165) is 12.1 Å². The number of halogens is 3. The zero-order chi connectivity index (χ0) is 24.5. The zero-order valence-corrected chi connectivity index (χ0v) is 19.2. The van der Waals surface area contributed by atoms with E-state index in [4.69, 9.17) is 4.74 Å². The Kier molecular flexibility index (Phi) is 6.91. The summed E-state index contributed by atoms with van der Waals surface area (Å²) in [6, 6.07) is 6.39. The smallest absolute Gasteiger partial charge is 0.243 e. The van der Waals surface area contributed by atoms with Crippen molar-refractivity contribution in [2.75, 3.05) is 31.6 Å². The monoisotopic (exact) mass is 496 g/mol. The van der Waals surface area contributed by atoms with Crippen molar-refractivity contribution in [1.82, 2.24) is 13.9 Å². The minimum atomic E-state index is -3.69. The number of aromatic nitrogens is 2. The van der Waals surface area contributed by atoms with Crippen LogP contribution in [0.1, 0.15) is 19.2 Å². The molecular weight excluding hydrogens is 473 g/mol. The summed E-state index contributed by atoms with van der Waals surface area (Å²) in [5.74, 6) is -4.53. The van der Waals surface area contributed by atoms with Gasteiger partial charge in [0.05, 0.1) is 34.8 Å². The summed E-state index contributed by atoms with van der Waals surface area (Å²) in [4.78, 5) is 16.9. The minimum Gasteiger partial charge on any atom is -0.379 e. The number of aryl methyl sites for hydroxylation is 2. The van der Waals surface area contributed by atoms with Crippen LogP contribution in [-0.2, 0) is 32.5 Å². The summed E-state index contributed by atoms with van der Waals surface area (Å²) in [7, 11) is -3.69. The Morgan fingerprint density at radius 3 is 2.56 bits per heavy atom. The van der Waals surface area contributed by atoms with Crippen molar-refractivity contribution < 1.29 is 31.1 Å². The van der Waals surface area contributed by atoms with Gasteiger partial charge in [0.15, 0.2) is 17.5 Å². The van der Waals surface area contributed by atoms with Gasteiger partial charge in [0, 0.05) is 32.5 Å². The van der Waals surface area contributed by atoms with Crippen LogP contribution < -0.4 is 5.32 Å². The highest BCUT2D eigenvalue weighted by molar-refractivity contribution is 7.89. The summed E-state index contributed by atoms with van der Waals surface area (Å²) in [5, 5.41) is 2.23. The van der Waals surface area contributed by atoms with Crippen molar-refractivity contribution in [2.24, 2.45) is 0 Å². The molecule has 182 valence electrons. The molecule has 0 saturated carbocycles. The van der Waals surface area contributed by atoms with Crippen LogP contribution >= 0.6 is 0 Å². The fourth-order valence-corrected chi connectivity index (χ4v) is 5.29. The lowest BCUT2D eigenvalue weighted by molar-refractivity contribution is -0.116. The van der Waals surface area contributed by atoms with Crippen molar-refractivity contribution in [1.29, 1.82) is 0 Å². The molecule has 1 aliphatic heterocycles. The van der Waals surface area contributed by atoms with Gasteiger partial charge in [0.2, 0.25) is 15.9 Å². The number of sulfonamides is 1. The molecule has 0 unspecified atom stereocenters. The maximum absolute atomic E-state index is 13.8. The van der Waals surface area contributed by atoms with Gasteiger partial charge in [0.1, 0.15) is 5.82 Å². The number of benzene rings is 2. The standard InChI is InChI=1S/C22H23F3N4O4S/c1-2-29-18-6-3-14(34(31,32)28-9-11-33-12-10-28)13-17(18)26-19(29)7-8-20(30)27-16-5-4-15(23)21(24)22(16)25/h3-6,13H,2,7-12H2,1H3,(H,27,30). The largest absolute Gasteiger partial charge is 0.379 e. The van der Waals surface area contributed by atoms with Gasteiger partial charge in [0.25, 0.3) is 0 Å². The number of nitrogens with zero attached hydrogens (tertiary/aromatic N) is 3. The van der Waals surface area contributed by atoms with Gasteiger partial charge in [-0.15, -0.1) is 0 Å². The summed E-state index contributed by atoms with van der Waals surface area (Å²) in [6.45, 7) is 3.66. The molecule has 0 spiro atoms. The number of carbonyl (C=O) groups is 1. The average molecular weight is 497 g/mol. The van der Waals surface area contributed by atoms with Crippen LogP contribution in [0.5, 0.6) is 0 Å². The third-order valence-electron chi connectivity index (χ3n) is 5.61. The van der Waals surface area contributed by atoms with Crippen molar-refractivity contribution in [3.05, 3.63) is 53.6 Å². The Hall–Kier alpha value is -2.96. The molecule has 0 atom stereocenters. The van der Waals surface area contributed by atoms with Gasteiger partial charge in [-0.2, -0.15) is 4.31 Å². The van der Waals surface area contributed by atoms with E-state index in [1.54, 1.807) is 6.07 Å². The molecule has 2 heterocycles. The summed E-state index contributed by atoms with van der Waals surface area (Å²) < 4.78 is 74.6. The van der Waals surface area contributed by atoms with E-state index in [0.29, 0.717) is 36.6 Å². The molecule has 0 radical (unpaired) electrons. The van der Waals surface area contributed by atoms with Crippen LogP contribution in [0.3, 0.4) is 0 Å². The minimum absolute atomic E-state index is 0.0965. The molecule has 1 N–H and O–H groups in total. The number of rotatable bonds is 7. The van der Waals surface area contributed by atoms with Crippen LogP contribution in [0.25, 0.3) is 11.0 Å². The van der Waals surface area contributed by atoms with Crippen molar-refractivity contribution in [3.63, 3.8) is 0 Å². The summed E-state index contributed by atoms with van der Waals surface area (Å²) in [6.07, 6.45) is 0.0753. The molecule has 0 bridgehead atoms. The lowest BCUT2D eigenvalue weighted by Crippen LogP contribution is -2.40. The van der Waals surface area contributed by atoms with Gasteiger partial charge in [-0.25, -0.2) is 26.6 Å². The van der Waals surface area contributed by atoms with Crippen molar-refractivity contribution in [3.8, 4) is 0 Å². The second-order valence-corrected chi connectivity index (χ2v) is 9.65. The predicted molar refractivity (Wildman–Crippen MR) is 118 cm³/mol. The van der Waals surface area contributed by atoms with Crippen LogP contribution in [-0.4, -0.2) is 54.5 Å². The second kappa shape index (κ2) is 9.72.